The van der Waals surface area contributed by atoms with Crippen molar-refractivity contribution >= 4 is 49.6 Å². The molecule has 12 aromatic rings. The van der Waals surface area contributed by atoms with Crippen molar-refractivity contribution in [2.45, 2.75) is 10.8 Å². The third kappa shape index (κ3) is 4.76. The Hall–Kier alpha value is -8.72. The number of hydrogen-bond acceptors (Lipinski definition) is 1. The fourth-order valence-electron chi connectivity index (χ4n) is 13.0. The van der Waals surface area contributed by atoms with Gasteiger partial charge in [0.05, 0.1) is 27.6 Å². The third-order valence-electron chi connectivity index (χ3n) is 15.6. The number of aromatic nitrogens is 1. The highest BCUT2D eigenvalue weighted by molar-refractivity contribution is 6.13. The Labute approximate surface area is 395 Å². The molecule has 0 radical (unpaired) electrons. The van der Waals surface area contributed by atoms with Gasteiger partial charge >= 0.3 is 0 Å². The van der Waals surface area contributed by atoms with Crippen LogP contribution in [-0.2, 0) is 10.8 Å². The molecule has 2 aliphatic carbocycles. The summed E-state index contributed by atoms with van der Waals surface area (Å²) in [5, 5.41) is 4.99. The second-order valence-electron chi connectivity index (χ2n) is 18.7. The minimum absolute atomic E-state index is 0.482. The number of rotatable bonds is 5. The molecule has 0 fully saturated rings. The largest absolute Gasteiger partial charge is 0.310 e. The quantitative estimate of drug-likeness (QED) is 0.167. The molecule has 0 amide bonds. The molecule has 1 unspecified atom stereocenters. The van der Waals surface area contributed by atoms with E-state index >= 15 is 0 Å². The van der Waals surface area contributed by atoms with Crippen LogP contribution in [0.25, 0.3) is 60.5 Å². The van der Waals surface area contributed by atoms with E-state index in [1.54, 1.807) is 0 Å². The van der Waals surface area contributed by atoms with Gasteiger partial charge in [0.25, 0.3) is 0 Å². The Morgan fingerprint density at radius 1 is 0.294 bits per heavy atom. The van der Waals surface area contributed by atoms with E-state index < -0.39 is 10.8 Å². The van der Waals surface area contributed by atoms with Gasteiger partial charge in [0.2, 0.25) is 0 Å². The molecule has 11 aromatic carbocycles. The Balaban J connectivity index is 0.984. The SMILES string of the molecule is c1ccc(C2(c3ccc(N(c4ccc5c(c4)C4(c6ccccc6-5)c5ccccc5-n5c6ccccc6c6cccc4c65)c4ccc5ccccc5c4)cc3)c3ccccc3-c3ccccc32)cc1. The zero-order valence-electron chi connectivity index (χ0n) is 37.1. The molecule has 3 aliphatic rings. The molecule has 0 saturated heterocycles. The monoisotopic (exact) mass is 862 g/mol. The predicted octanol–water partition coefficient (Wildman–Crippen LogP) is 16.4. The first kappa shape index (κ1) is 37.5. The molecule has 0 N–H and O–H groups in total. The maximum atomic E-state index is 2.53. The molecule has 0 bridgehead atoms. The van der Waals surface area contributed by atoms with Gasteiger partial charge in [-0.3, -0.25) is 0 Å². The van der Waals surface area contributed by atoms with E-state index in [4.69, 9.17) is 0 Å². The lowest BCUT2D eigenvalue weighted by molar-refractivity contribution is 0.748. The fraction of sp³-hybridized carbons (Fsp3) is 0.0303. The smallest absolute Gasteiger partial charge is 0.0755 e. The maximum absolute atomic E-state index is 2.53. The van der Waals surface area contributed by atoms with Gasteiger partial charge in [-0.2, -0.15) is 0 Å². The summed E-state index contributed by atoms with van der Waals surface area (Å²) >= 11 is 0. The van der Waals surface area contributed by atoms with Crippen molar-refractivity contribution in [1.82, 2.24) is 4.57 Å². The van der Waals surface area contributed by atoms with Crippen LogP contribution in [0.3, 0.4) is 0 Å². The van der Waals surface area contributed by atoms with Crippen LogP contribution >= 0.6 is 0 Å². The van der Waals surface area contributed by atoms with Crippen LogP contribution < -0.4 is 4.90 Å². The molecule has 2 nitrogen and oxygen atoms in total. The topological polar surface area (TPSA) is 8.17 Å². The van der Waals surface area contributed by atoms with Gasteiger partial charge in [0, 0.05) is 27.8 Å². The summed E-state index contributed by atoms with van der Waals surface area (Å²) in [4.78, 5) is 2.48. The number of fused-ring (bicyclic) bond motifs is 16. The van der Waals surface area contributed by atoms with Crippen molar-refractivity contribution in [2.75, 3.05) is 4.90 Å². The zero-order valence-corrected chi connectivity index (χ0v) is 37.1. The second-order valence-corrected chi connectivity index (χ2v) is 18.7. The molecule has 15 rings (SSSR count). The molecular formula is C66H42N2. The van der Waals surface area contributed by atoms with Gasteiger partial charge in [-0.1, -0.05) is 206 Å². The minimum atomic E-state index is -0.563. The van der Waals surface area contributed by atoms with E-state index in [-0.39, 0.29) is 0 Å². The molecule has 2 heteroatoms. The average Bonchev–Trinajstić information content (AvgIpc) is 4.02. The summed E-state index contributed by atoms with van der Waals surface area (Å²) in [7, 11) is 0. The van der Waals surface area contributed by atoms with E-state index in [1.165, 1.54) is 105 Å². The van der Waals surface area contributed by atoms with E-state index in [1.807, 2.05) is 0 Å². The molecule has 316 valence electrons. The van der Waals surface area contributed by atoms with Crippen molar-refractivity contribution < 1.29 is 0 Å². The number of nitrogens with zero attached hydrogens (tertiary/aromatic N) is 2. The molecule has 68 heavy (non-hydrogen) atoms. The first-order chi connectivity index (χ1) is 33.7. The van der Waals surface area contributed by atoms with Crippen LogP contribution in [0.4, 0.5) is 17.1 Å². The Kier molecular flexibility index (Phi) is 7.67. The third-order valence-corrected chi connectivity index (χ3v) is 15.6. The van der Waals surface area contributed by atoms with Crippen molar-refractivity contribution in [3.8, 4) is 27.9 Å². The van der Waals surface area contributed by atoms with Gasteiger partial charge in [0.15, 0.2) is 0 Å². The lowest BCUT2D eigenvalue weighted by Gasteiger charge is -2.40. The van der Waals surface area contributed by atoms with Crippen LogP contribution in [0, 0.1) is 0 Å². The lowest BCUT2D eigenvalue weighted by Crippen LogP contribution is -2.33. The van der Waals surface area contributed by atoms with Crippen molar-refractivity contribution in [3.63, 3.8) is 0 Å². The summed E-state index contributed by atoms with van der Waals surface area (Å²) in [6.45, 7) is 0. The summed E-state index contributed by atoms with van der Waals surface area (Å²) in [5.41, 5.74) is 21.6. The summed E-state index contributed by atoms with van der Waals surface area (Å²) in [6, 6.07) is 95.6. The van der Waals surface area contributed by atoms with E-state index in [0.29, 0.717) is 0 Å². The van der Waals surface area contributed by atoms with Crippen LogP contribution in [-0.4, -0.2) is 4.57 Å². The Morgan fingerprint density at radius 2 is 0.809 bits per heavy atom. The average molecular weight is 863 g/mol. The minimum Gasteiger partial charge on any atom is -0.310 e. The lowest BCUT2D eigenvalue weighted by atomic mass is 9.65. The molecule has 1 aromatic heterocycles. The molecule has 1 aliphatic heterocycles. The Morgan fingerprint density at radius 3 is 1.56 bits per heavy atom. The number of benzene rings is 11. The number of para-hydroxylation sites is 3. The van der Waals surface area contributed by atoms with E-state index in [9.17, 15) is 0 Å². The van der Waals surface area contributed by atoms with Crippen molar-refractivity contribution in [1.29, 1.82) is 0 Å². The highest BCUT2D eigenvalue weighted by Gasteiger charge is 2.51. The standard InChI is InChI=1S/C66H42N2/c1-2-19-45(20-3-1)65(56-26-10-6-21-50(56)51-22-7-11-27-57(51)65)46-34-37-47(38-35-46)67(48-36-33-43-17-4-5-18-44(43)41-48)49-39-40-53-52-23-8-12-28-58(52)66(61(53)42-49)59-29-13-15-32-63(59)68-62-31-14-9-24-54(62)55-25-16-30-60(66)64(55)68/h1-42H. The van der Waals surface area contributed by atoms with Gasteiger partial charge in [-0.05, 0) is 126 Å². The van der Waals surface area contributed by atoms with E-state index in [0.717, 1.165) is 17.1 Å². The van der Waals surface area contributed by atoms with E-state index in [2.05, 4.69) is 264 Å². The molecular weight excluding hydrogens is 821 g/mol. The van der Waals surface area contributed by atoms with Crippen molar-refractivity contribution in [2.24, 2.45) is 0 Å². The highest BCUT2D eigenvalue weighted by atomic mass is 15.1. The molecule has 1 atom stereocenters. The Bertz CT molecular complexity index is 4000. The van der Waals surface area contributed by atoms with Gasteiger partial charge in [-0.15, -0.1) is 0 Å². The molecule has 0 saturated carbocycles. The van der Waals surface area contributed by atoms with Gasteiger partial charge in [-0.25, -0.2) is 0 Å². The molecule has 1 spiro atoms. The van der Waals surface area contributed by atoms with Crippen molar-refractivity contribution in [3.05, 3.63) is 299 Å². The second kappa shape index (κ2) is 13.9. The van der Waals surface area contributed by atoms with Gasteiger partial charge < -0.3 is 9.47 Å². The maximum Gasteiger partial charge on any atom is 0.0755 e. The van der Waals surface area contributed by atoms with Crippen LogP contribution in [0.1, 0.15) is 44.5 Å². The summed E-state index contributed by atoms with van der Waals surface area (Å²) in [6.07, 6.45) is 0. The zero-order chi connectivity index (χ0) is 44.6. The normalized spacial score (nSPS) is 15.5. The van der Waals surface area contributed by atoms with Crippen LogP contribution in [0.2, 0.25) is 0 Å². The number of anilines is 3. The van der Waals surface area contributed by atoms with Crippen LogP contribution in [0.15, 0.2) is 255 Å². The summed E-state index contributed by atoms with van der Waals surface area (Å²) < 4.78 is 2.53. The predicted molar refractivity (Wildman–Crippen MR) is 281 cm³/mol. The van der Waals surface area contributed by atoms with Gasteiger partial charge in [0.1, 0.15) is 0 Å². The fourth-order valence-corrected chi connectivity index (χ4v) is 13.0. The number of hydrogen-bond donors (Lipinski definition) is 0. The first-order valence-electron chi connectivity index (χ1n) is 23.8. The highest BCUT2D eigenvalue weighted by Crippen LogP contribution is 2.62. The summed E-state index contributed by atoms with van der Waals surface area (Å²) in [5.74, 6) is 0. The first-order valence-corrected chi connectivity index (χ1v) is 23.8. The molecule has 2 heterocycles. The van der Waals surface area contributed by atoms with Crippen LogP contribution in [0.5, 0.6) is 0 Å².